The van der Waals surface area contributed by atoms with Crippen LogP contribution in [0.15, 0.2) is 0 Å². The highest BCUT2D eigenvalue weighted by Gasteiger charge is 2.86. The third kappa shape index (κ3) is 6.23. The zero-order valence-corrected chi connectivity index (χ0v) is 14.2. The molecule has 4 nitrogen and oxygen atoms in total. The van der Waals surface area contributed by atoms with Crippen molar-refractivity contribution in [3.63, 3.8) is 0 Å². The summed E-state index contributed by atoms with van der Waals surface area (Å²) in [7, 11) is 0. The summed E-state index contributed by atoms with van der Waals surface area (Å²) in [6, 6.07) is 0. The smallest absolute Gasteiger partial charge is 0.280 e. The first-order valence-electron chi connectivity index (χ1n) is 6.71. The van der Waals surface area contributed by atoms with E-state index in [0.717, 1.165) is 9.47 Å². The third-order valence-electron chi connectivity index (χ3n) is 2.78. The van der Waals surface area contributed by atoms with Gasteiger partial charge in [-0.05, 0) is 0 Å². The second-order valence-electron chi connectivity index (χ2n) is 5.32. The normalized spacial score (nSPS) is 18.9. The highest BCUT2D eigenvalue weighted by atomic mass is 19.4. The first-order valence-corrected chi connectivity index (χ1v) is 6.71. The molecule has 0 aromatic heterocycles. The SMILES string of the molecule is O=C(C(F)(F)F)C(F)(F)OC(F)(C(F)(F)F)C(F)(F)OC(F)(C(F)(F)F)C(F)(F)OC(F)(F)F. The molecule has 0 aromatic carbocycles. The molecular weight excluding hydrogens is 564 g/mol. The first kappa shape index (κ1) is 32.1. The molecule has 0 saturated heterocycles. The van der Waals surface area contributed by atoms with Crippen molar-refractivity contribution in [2.75, 3.05) is 0 Å². The molecular formula is C10F20O4. The minimum Gasteiger partial charge on any atom is -0.280 e. The van der Waals surface area contributed by atoms with Gasteiger partial charge in [-0.2, -0.15) is 74.6 Å². The van der Waals surface area contributed by atoms with Crippen LogP contribution in [0, 0.1) is 0 Å². The van der Waals surface area contributed by atoms with Crippen LogP contribution in [0.3, 0.4) is 0 Å². The monoisotopic (exact) mass is 564 g/mol. The molecule has 0 saturated carbocycles. The van der Waals surface area contributed by atoms with Crippen molar-refractivity contribution in [3.05, 3.63) is 0 Å². The van der Waals surface area contributed by atoms with E-state index in [1.54, 1.807) is 0 Å². The number of hydrogen-bond acceptors (Lipinski definition) is 4. The van der Waals surface area contributed by atoms with Gasteiger partial charge in [-0.3, -0.25) is 14.3 Å². The molecule has 0 N–H and O–H groups in total. The van der Waals surface area contributed by atoms with E-state index in [-0.39, 0.29) is 0 Å². The van der Waals surface area contributed by atoms with Crippen molar-refractivity contribution in [3.8, 4) is 0 Å². The second kappa shape index (κ2) is 8.37. The molecule has 0 heterocycles. The Morgan fingerprint density at radius 3 is 1.00 bits per heavy atom. The van der Waals surface area contributed by atoms with Crippen molar-refractivity contribution in [1.82, 2.24) is 0 Å². The van der Waals surface area contributed by atoms with Crippen LogP contribution in [0.4, 0.5) is 87.8 Å². The van der Waals surface area contributed by atoms with Gasteiger partial charge >= 0.3 is 60.7 Å². The number of carbonyl (C=O) groups is 1. The van der Waals surface area contributed by atoms with E-state index in [4.69, 9.17) is 0 Å². The van der Waals surface area contributed by atoms with Gasteiger partial charge in [0.15, 0.2) is 0 Å². The van der Waals surface area contributed by atoms with E-state index in [2.05, 4.69) is 0 Å². The molecule has 2 atom stereocenters. The third-order valence-corrected chi connectivity index (χ3v) is 2.78. The number of rotatable bonds is 8. The van der Waals surface area contributed by atoms with Gasteiger partial charge in [0.1, 0.15) is 0 Å². The van der Waals surface area contributed by atoms with E-state index in [1.165, 1.54) is 4.74 Å². The minimum atomic E-state index is -8.36. The Bertz CT molecular complexity index is 744. The number of Topliss-reactive ketones (excluding diaryl/α,β-unsaturated/α-hetero) is 1. The maximum Gasteiger partial charge on any atom is 0.527 e. The fourth-order valence-corrected chi connectivity index (χ4v) is 1.41. The van der Waals surface area contributed by atoms with Gasteiger partial charge in [-0.1, -0.05) is 0 Å². The summed E-state index contributed by atoms with van der Waals surface area (Å²) in [5.41, 5.74) is 0. The molecule has 0 amide bonds. The molecule has 0 bridgehead atoms. The molecule has 0 aliphatic rings. The van der Waals surface area contributed by atoms with Crippen molar-refractivity contribution < 1.29 is 107 Å². The van der Waals surface area contributed by atoms with Gasteiger partial charge in [0.25, 0.3) is 0 Å². The van der Waals surface area contributed by atoms with E-state index < -0.39 is 60.7 Å². The number of alkyl halides is 20. The first-order chi connectivity index (χ1) is 14.3. The molecule has 0 aromatic rings. The topological polar surface area (TPSA) is 44.8 Å². The standard InChI is InChI=1S/C10F20O4/c11-2(12,13)1(31)3(14,15)32-4(16,6(18,19)20)8(24,25)33-5(17,7(21,22)23)9(26,27)34-10(28,29)30. The van der Waals surface area contributed by atoms with Crippen LogP contribution in [-0.2, 0) is 19.0 Å². The summed E-state index contributed by atoms with van der Waals surface area (Å²) < 4.78 is 256. The van der Waals surface area contributed by atoms with Crippen LogP contribution < -0.4 is 0 Å². The quantitative estimate of drug-likeness (QED) is 0.344. The fourth-order valence-electron chi connectivity index (χ4n) is 1.41. The van der Waals surface area contributed by atoms with Gasteiger partial charge in [0.05, 0.1) is 0 Å². The molecule has 0 radical (unpaired) electrons. The summed E-state index contributed by atoms with van der Waals surface area (Å²) in [5.74, 6) is -21.4. The summed E-state index contributed by atoms with van der Waals surface area (Å²) in [6.07, 6.45) is -54.1. The molecule has 204 valence electrons. The molecule has 0 aliphatic heterocycles. The van der Waals surface area contributed by atoms with Crippen molar-refractivity contribution in [2.45, 2.75) is 54.9 Å². The van der Waals surface area contributed by atoms with Crippen molar-refractivity contribution in [2.24, 2.45) is 0 Å². The molecule has 0 rings (SSSR count). The average molecular weight is 564 g/mol. The van der Waals surface area contributed by atoms with Gasteiger partial charge in [0.2, 0.25) is 0 Å². The molecule has 34 heavy (non-hydrogen) atoms. The van der Waals surface area contributed by atoms with E-state index >= 15 is 0 Å². The minimum absolute atomic E-state index is 1.16. The highest BCUT2D eigenvalue weighted by Crippen LogP contribution is 2.56. The fraction of sp³-hybridized carbons (Fsp3) is 0.900. The van der Waals surface area contributed by atoms with Crippen LogP contribution in [0.25, 0.3) is 0 Å². The molecule has 0 aliphatic carbocycles. The van der Waals surface area contributed by atoms with Gasteiger partial charge in [0, 0.05) is 0 Å². The van der Waals surface area contributed by atoms with Crippen molar-refractivity contribution >= 4 is 5.78 Å². The Morgan fingerprint density at radius 2 is 0.735 bits per heavy atom. The Balaban J connectivity index is 6.84. The van der Waals surface area contributed by atoms with E-state index in [0.29, 0.717) is 0 Å². The Labute approximate surface area is 169 Å². The lowest BCUT2D eigenvalue weighted by Gasteiger charge is -2.40. The van der Waals surface area contributed by atoms with Crippen LogP contribution in [0.2, 0.25) is 0 Å². The Kier molecular flexibility index (Phi) is 7.92. The van der Waals surface area contributed by atoms with E-state index in [1.807, 2.05) is 0 Å². The van der Waals surface area contributed by atoms with Crippen molar-refractivity contribution in [1.29, 1.82) is 0 Å². The maximum atomic E-state index is 13.7. The lowest BCUT2D eigenvalue weighted by atomic mass is 10.2. The van der Waals surface area contributed by atoms with Crippen LogP contribution >= 0.6 is 0 Å². The molecule has 24 heteroatoms. The molecule has 0 spiro atoms. The Hall–Kier alpha value is -1.85. The van der Waals surface area contributed by atoms with E-state index in [9.17, 15) is 92.6 Å². The summed E-state index contributed by atoms with van der Waals surface area (Å²) in [4.78, 5) is 10.2. The predicted octanol–water partition coefficient (Wildman–Crippen LogP) is 5.92. The zero-order chi connectivity index (χ0) is 28.2. The highest BCUT2D eigenvalue weighted by molar-refractivity contribution is 5.89. The number of ketones is 1. The predicted molar refractivity (Wildman–Crippen MR) is 55.0 cm³/mol. The summed E-state index contributed by atoms with van der Waals surface area (Å²) in [5, 5.41) is 0. The maximum absolute atomic E-state index is 13.7. The summed E-state index contributed by atoms with van der Waals surface area (Å²) in [6.45, 7) is 0. The van der Waals surface area contributed by atoms with Gasteiger partial charge < -0.3 is 0 Å². The van der Waals surface area contributed by atoms with Crippen LogP contribution in [-0.4, -0.2) is 60.7 Å². The lowest BCUT2D eigenvalue weighted by molar-refractivity contribution is -0.572. The van der Waals surface area contributed by atoms with Crippen LogP contribution in [0.1, 0.15) is 0 Å². The van der Waals surface area contributed by atoms with Gasteiger partial charge in [-0.15, -0.1) is 13.2 Å². The zero-order valence-electron chi connectivity index (χ0n) is 14.2. The van der Waals surface area contributed by atoms with Crippen LogP contribution in [0.5, 0.6) is 0 Å². The molecule has 2 unspecified atom stereocenters. The number of halogens is 20. The summed E-state index contributed by atoms with van der Waals surface area (Å²) >= 11 is 0. The number of carbonyl (C=O) groups excluding carboxylic acids is 1. The van der Waals surface area contributed by atoms with Gasteiger partial charge in [-0.25, -0.2) is 4.74 Å². The lowest BCUT2D eigenvalue weighted by Crippen LogP contribution is -2.69. The largest absolute Gasteiger partial charge is 0.527 e. The Morgan fingerprint density at radius 1 is 0.441 bits per heavy atom. The second-order valence-corrected chi connectivity index (χ2v) is 5.32. The molecule has 0 fully saturated rings. The number of hydrogen-bond donors (Lipinski definition) is 0. The average Bonchev–Trinajstić information content (AvgIpc) is 2.47. The number of ether oxygens (including phenoxy) is 3.